The molecule has 10 heteroatoms. The summed E-state index contributed by atoms with van der Waals surface area (Å²) in [5, 5.41) is 9.27. The van der Waals surface area contributed by atoms with Crippen LogP contribution in [0.2, 0.25) is 5.02 Å². The molecule has 0 saturated carbocycles. The molecule has 0 unspecified atom stereocenters. The van der Waals surface area contributed by atoms with Gasteiger partial charge in [-0.1, -0.05) is 11.6 Å². The van der Waals surface area contributed by atoms with Crippen LogP contribution in [0.5, 0.6) is 0 Å². The SMILES string of the molecule is C[C@@H](c1n[nH]c(=O)c2cc(CF)c(CF)cc12)N(C)C(=O)Nc1ccc(F)c(Cl)c1. The first kappa shape index (κ1) is 21.6. The average Bonchev–Trinajstić information content (AvgIpc) is 2.74. The minimum absolute atomic E-state index is 0.0830. The first-order valence-corrected chi connectivity index (χ1v) is 9.29. The highest BCUT2D eigenvalue weighted by atomic mass is 35.5. The lowest BCUT2D eigenvalue weighted by atomic mass is 10.00. The number of carbonyl (C=O) groups excluding carboxylic acids is 1. The van der Waals surface area contributed by atoms with E-state index < -0.39 is 36.8 Å². The van der Waals surface area contributed by atoms with Crippen LogP contribution >= 0.6 is 11.6 Å². The maximum atomic E-state index is 13.3. The molecule has 0 spiro atoms. The van der Waals surface area contributed by atoms with Crippen molar-refractivity contribution in [2.24, 2.45) is 0 Å². The molecule has 1 atom stereocenters. The van der Waals surface area contributed by atoms with Crippen LogP contribution in [0.1, 0.15) is 29.8 Å². The summed E-state index contributed by atoms with van der Waals surface area (Å²) < 4.78 is 39.8. The van der Waals surface area contributed by atoms with E-state index in [-0.39, 0.29) is 27.2 Å². The van der Waals surface area contributed by atoms with Crippen molar-refractivity contribution < 1.29 is 18.0 Å². The molecule has 0 radical (unpaired) electrons. The number of rotatable bonds is 5. The summed E-state index contributed by atoms with van der Waals surface area (Å²) in [5.41, 5.74) is 0.240. The Morgan fingerprint density at radius 2 is 1.83 bits per heavy atom. The Balaban J connectivity index is 1.95. The van der Waals surface area contributed by atoms with Crippen molar-refractivity contribution in [2.75, 3.05) is 12.4 Å². The van der Waals surface area contributed by atoms with Crippen molar-refractivity contribution in [3.05, 3.63) is 68.3 Å². The van der Waals surface area contributed by atoms with Gasteiger partial charge in [0.2, 0.25) is 0 Å². The van der Waals surface area contributed by atoms with Gasteiger partial charge in [0.1, 0.15) is 19.2 Å². The Bertz CT molecular complexity index is 1170. The van der Waals surface area contributed by atoms with Gasteiger partial charge in [0.25, 0.3) is 5.56 Å². The van der Waals surface area contributed by atoms with Gasteiger partial charge in [-0.15, -0.1) is 0 Å². The van der Waals surface area contributed by atoms with Gasteiger partial charge in [-0.05, 0) is 48.4 Å². The number of benzene rings is 2. The number of nitrogens with one attached hydrogen (secondary N) is 2. The Morgan fingerprint density at radius 1 is 1.20 bits per heavy atom. The smallest absolute Gasteiger partial charge is 0.319 e. The number of carbonyl (C=O) groups is 1. The number of amides is 2. The van der Waals surface area contributed by atoms with Crippen LogP contribution in [-0.2, 0) is 13.3 Å². The molecule has 1 aromatic heterocycles. The molecule has 2 N–H and O–H groups in total. The third-order valence-electron chi connectivity index (χ3n) is 4.89. The molecule has 0 aliphatic carbocycles. The van der Waals surface area contributed by atoms with Crippen LogP contribution in [0, 0.1) is 5.82 Å². The quantitative estimate of drug-likeness (QED) is 0.596. The van der Waals surface area contributed by atoms with Gasteiger partial charge in [0, 0.05) is 18.1 Å². The van der Waals surface area contributed by atoms with Gasteiger partial charge in [-0.25, -0.2) is 23.1 Å². The first-order valence-electron chi connectivity index (χ1n) is 8.91. The molecule has 0 aliphatic heterocycles. The fourth-order valence-electron chi connectivity index (χ4n) is 3.03. The van der Waals surface area contributed by atoms with E-state index in [4.69, 9.17) is 11.6 Å². The molecule has 0 aliphatic rings. The number of urea groups is 1. The molecule has 2 aromatic carbocycles. The molecule has 0 fully saturated rings. The maximum absolute atomic E-state index is 13.3. The molecule has 0 saturated heterocycles. The Hall–Kier alpha value is -3.07. The van der Waals surface area contributed by atoms with E-state index in [0.29, 0.717) is 11.1 Å². The molecule has 6 nitrogen and oxygen atoms in total. The van der Waals surface area contributed by atoms with Gasteiger partial charge >= 0.3 is 6.03 Å². The number of aromatic nitrogens is 2. The fourth-order valence-corrected chi connectivity index (χ4v) is 3.21. The van der Waals surface area contributed by atoms with Crippen molar-refractivity contribution in [1.82, 2.24) is 15.1 Å². The van der Waals surface area contributed by atoms with Crippen molar-refractivity contribution in [3.63, 3.8) is 0 Å². The number of anilines is 1. The predicted octanol–water partition coefficient (Wildman–Crippen LogP) is 4.88. The van der Waals surface area contributed by atoms with Gasteiger partial charge < -0.3 is 10.2 Å². The zero-order chi connectivity index (χ0) is 22.0. The van der Waals surface area contributed by atoms with Crippen molar-refractivity contribution in [3.8, 4) is 0 Å². The largest absolute Gasteiger partial charge is 0.322 e. The standard InChI is InChI=1S/C20H18ClF3N4O2/c1-10(28(2)20(30)25-13-3-4-17(24)16(21)7-13)18-14-5-11(8-22)12(9-23)6-15(14)19(29)27-26-18/h3-7,10H,8-9H2,1-2H3,(H,25,30)(H,27,29)/t10-/m0/s1. The summed E-state index contributed by atoms with van der Waals surface area (Å²) in [6.07, 6.45) is 0. The van der Waals surface area contributed by atoms with E-state index >= 15 is 0 Å². The van der Waals surface area contributed by atoms with Gasteiger partial charge in [0.15, 0.2) is 0 Å². The molecule has 30 heavy (non-hydrogen) atoms. The van der Waals surface area contributed by atoms with E-state index in [1.165, 1.54) is 36.2 Å². The molecule has 0 bridgehead atoms. The average molecular weight is 439 g/mol. The van der Waals surface area contributed by atoms with E-state index in [0.717, 1.165) is 6.07 Å². The number of aromatic amines is 1. The van der Waals surface area contributed by atoms with E-state index in [9.17, 15) is 22.8 Å². The minimum atomic E-state index is -0.912. The third kappa shape index (κ3) is 4.11. The Labute approximate surface area is 174 Å². The van der Waals surface area contributed by atoms with Crippen molar-refractivity contribution in [1.29, 1.82) is 0 Å². The van der Waals surface area contributed by atoms with Crippen LogP contribution in [0.4, 0.5) is 23.7 Å². The molecule has 1 heterocycles. The monoisotopic (exact) mass is 438 g/mol. The van der Waals surface area contributed by atoms with Crippen LogP contribution in [0.3, 0.4) is 0 Å². The number of alkyl halides is 2. The lowest BCUT2D eigenvalue weighted by Gasteiger charge is -2.25. The van der Waals surface area contributed by atoms with Crippen LogP contribution in [0.15, 0.2) is 35.1 Å². The zero-order valence-electron chi connectivity index (χ0n) is 16.1. The lowest BCUT2D eigenvalue weighted by Crippen LogP contribution is -2.34. The highest BCUT2D eigenvalue weighted by molar-refractivity contribution is 6.31. The summed E-state index contributed by atoms with van der Waals surface area (Å²) >= 11 is 5.73. The fraction of sp³-hybridized carbons (Fsp3) is 0.250. The summed E-state index contributed by atoms with van der Waals surface area (Å²) in [6.45, 7) is -0.155. The number of hydrogen-bond acceptors (Lipinski definition) is 3. The van der Waals surface area contributed by atoms with Crippen molar-refractivity contribution in [2.45, 2.75) is 26.3 Å². The first-order chi connectivity index (χ1) is 14.3. The van der Waals surface area contributed by atoms with Crippen LogP contribution < -0.4 is 10.9 Å². The van der Waals surface area contributed by atoms with Crippen LogP contribution in [-0.4, -0.2) is 28.2 Å². The summed E-state index contributed by atoms with van der Waals surface area (Å²) in [5.74, 6) is -0.614. The van der Waals surface area contributed by atoms with E-state index in [1.807, 2.05) is 0 Å². The highest BCUT2D eigenvalue weighted by Crippen LogP contribution is 2.28. The Morgan fingerprint density at radius 3 is 2.43 bits per heavy atom. The molecule has 3 rings (SSSR count). The van der Waals surface area contributed by atoms with E-state index in [2.05, 4.69) is 15.5 Å². The summed E-state index contributed by atoms with van der Waals surface area (Å²) in [7, 11) is 1.50. The second-order valence-corrected chi connectivity index (χ2v) is 7.12. The second-order valence-electron chi connectivity index (χ2n) is 6.72. The van der Waals surface area contributed by atoms with E-state index in [1.54, 1.807) is 6.92 Å². The zero-order valence-corrected chi connectivity index (χ0v) is 16.9. The lowest BCUT2D eigenvalue weighted by molar-refractivity contribution is 0.207. The molecule has 2 amide bonds. The normalized spacial score (nSPS) is 12.1. The maximum Gasteiger partial charge on any atom is 0.322 e. The number of nitrogens with zero attached hydrogens (tertiary/aromatic N) is 2. The molecular formula is C20H18ClF3N4O2. The minimum Gasteiger partial charge on any atom is -0.319 e. The van der Waals surface area contributed by atoms with Crippen molar-refractivity contribution >= 4 is 34.1 Å². The topological polar surface area (TPSA) is 78.1 Å². The molecule has 3 aromatic rings. The van der Waals surface area contributed by atoms with Crippen LogP contribution in [0.25, 0.3) is 10.8 Å². The Kier molecular flexibility index (Phi) is 6.31. The van der Waals surface area contributed by atoms with Gasteiger partial charge in [-0.2, -0.15) is 5.10 Å². The number of hydrogen-bond donors (Lipinski definition) is 2. The molecule has 158 valence electrons. The van der Waals surface area contributed by atoms with Gasteiger partial charge in [0.05, 0.1) is 22.1 Å². The molecular weight excluding hydrogens is 421 g/mol. The third-order valence-corrected chi connectivity index (χ3v) is 5.18. The second kappa shape index (κ2) is 8.74. The number of halogens is 4. The summed E-state index contributed by atoms with van der Waals surface area (Å²) in [4.78, 5) is 26.1. The van der Waals surface area contributed by atoms with Gasteiger partial charge in [-0.3, -0.25) is 4.79 Å². The number of H-pyrrole nitrogens is 1. The number of fused-ring (bicyclic) bond motifs is 1. The predicted molar refractivity (Wildman–Crippen MR) is 109 cm³/mol. The summed E-state index contributed by atoms with van der Waals surface area (Å²) in [6, 6.07) is 5.23. The highest BCUT2D eigenvalue weighted by Gasteiger charge is 2.23.